The van der Waals surface area contributed by atoms with Crippen LogP contribution in [0.5, 0.6) is 0 Å². The van der Waals surface area contributed by atoms with Crippen LogP contribution in [0.4, 0.5) is 4.39 Å². The summed E-state index contributed by atoms with van der Waals surface area (Å²) >= 11 is 0. The number of likely N-dealkylation sites (tertiary alicyclic amines) is 1. The number of aromatic nitrogens is 2. The summed E-state index contributed by atoms with van der Waals surface area (Å²) in [6.45, 7) is 13.6. The number of carbonyl (C=O) groups excluding carboxylic acids is 1. The maximum atomic E-state index is 14.5. The zero-order chi connectivity index (χ0) is 31.2. The third-order valence-corrected chi connectivity index (χ3v) is 13.3. The molecule has 9 nitrogen and oxygen atoms in total. The average molecular weight is 628 g/mol. The minimum absolute atomic E-state index is 0.000850. The van der Waals surface area contributed by atoms with E-state index >= 15 is 0 Å². The van der Waals surface area contributed by atoms with Gasteiger partial charge in [-0.25, -0.2) is 22.1 Å². The standard InChI is InChI=1S/C33H47FN6O3S/c1-23-21-38(33(4)12-16-37(17-13-33)32(41)30-24(2)35-22-36-25(30)3)18-19-40(23)31(27-6-5-7-28(34)20-27)26-10-14-39(15-11-26)44(42,43)29-8-9-29/h5-7,20,22-23,26,29,31H,8-19,21H2,1-4H3/p+1/t23-,31?/m0/s1. The van der Waals surface area contributed by atoms with Crippen LogP contribution < -0.4 is 4.98 Å². The lowest BCUT2D eigenvalue weighted by Gasteiger charge is -2.54. The van der Waals surface area contributed by atoms with E-state index in [2.05, 4.69) is 33.6 Å². The van der Waals surface area contributed by atoms with E-state index < -0.39 is 10.0 Å². The Morgan fingerprint density at radius 2 is 1.75 bits per heavy atom. The molecule has 1 aromatic heterocycles. The van der Waals surface area contributed by atoms with Gasteiger partial charge in [0.2, 0.25) is 10.0 Å². The highest BCUT2D eigenvalue weighted by Crippen LogP contribution is 2.41. The van der Waals surface area contributed by atoms with Gasteiger partial charge in [0.05, 0.1) is 5.25 Å². The van der Waals surface area contributed by atoms with Crippen LogP contribution in [0.25, 0.3) is 0 Å². The van der Waals surface area contributed by atoms with Crippen molar-refractivity contribution in [3.05, 3.63) is 58.9 Å². The smallest absolute Gasteiger partial charge is 0.284 e. The van der Waals surface area contributed by atoms with Crippen LogP contribution in [0, 0.1) is 25.6 Å². The third-order valence-electron chi connectivity index (χ3n) is 10.9. The van der Waals surface area contributed by atoms with Gasteiger partial charge in [-0.05, 0) is 82.9 Å². The van der Waals surface area contributed by atoms with Crippen molar-refractivity contribution in [1.82, 2.24) is 24.0 Å². The van der Waals surface area contributed by atoms with Gasteiger partial charge in [0.25, 0.3) is 12.2 Å². The molecule has 6 rings (SSSR count). The lowest BCUT2D eigenvalue weighted by molar-refractivity contribution is -0.392. The second-order valence-electron chi connectivity index (χ2n) is 13.8. The van der Waals surface area contributed by atoms with Gasteiger partial charge in [-0.2, -0.15) is 0 Å². The predicted molar refractivity (Wildman–Crippen MR) is 167 cm³/mol. The average Bonchev–Trinajstić information content (AvgIpc) is 3.85. The molecule has 4 heterocycles. The Labute approximate surface area is 261 Å². The number of H-pyrrole nitrogens is 1. The molecule has 1 saturated carbocycles. The van der Waals surface area contributed by atoms with E-state index in [4.69, 9.17) is 0 Å². The lowest BCUT2D eigenvalue weighted by atomic mass is 9.82. The minimum Gasteiger partial charge on any atom is -0.338 e. The first-order valence-corrected chi connectivity index (χ1v) is 17.9. The summed E-state index contributed by atoms with van der Waals surface area (Å²) in [4.78, 5) is 27.9. The van der Waals surface area contributed by atoms with Crippen molar-refractivity contribution < 1.29 is 22.6 Å². The minimum atomic E-state index is -3.18. The lowest BCUT2D eigenvalue weighted by Crippen LogP contribution is -2.63. The number of piperazine rings is 1. The number of sulfonamides is 1. The van der Waals surface area contributed by atoms with Crippen molar-refractivity contribution >= 4 is 15.9 Å². The molecule has 240 valence electrons. The van der Waals surface area contributed by atoms with Gasteiger partial charge in [0.15, 0.2) is 5.69 Å². The van der Waals surface area contributed by atoms with Crippen molar-refractivity contribution in [2.75, 3.05) is 45.8 Å². The first-order chi connectivity index (χ1) is 21.0. The highest BCUT2D eigenvalue weighted by molar-refractivity contribution is 7.90. The normalized spacial score (nSPS) is 25.2. The van der Waals surface area contributed by atoms with Crippen molar-refractivity contribution in [2.45, 2.75) is 89.1 Å². The molecule has 0 bridgehead atoms. The summed E-state index contributed by atoms with van der Waals surface area (Å²) in [6.07, 6.45) is 6.60. The number of aryl methyl sites for hydroxylation is 2. The Morgan fingerprint density at radius 3 is 2.36 bits per heavy atom. The highest BCUT2D eigenvalue weighted by Gasteiger charge is 2.45. The van der Waals surface area contributed by atoms with Crippen LogP contribution in [0.3, 0.4) is 0 Å². The summed E-state index contributed by atoms with van der Waals surface area (Å²) in [6, 6.07) is 7.31. The molecule has 0 spiro atoms. The van der Waals surface area contributed by atoms with Gasteiger partial charge >= 0.3 is 0 Å². The molecule has 1 aromatic carbocycles. The van der Waals surface area contributed by atoms with Crippen molar-refractivity contribution in [3.63, 3.8) is 0 Å². The molecule has 1 amide bonds. The number of halogens is 1. The SMILES string of the molecule is Cc1nc[nH+]c(C)c1C(=O)N1CCC(C)(N2CCN(C(c3cccc(F)c3)C3CCN(S(=O)(=O)C4CC4)CC3)[C@@H](C)C2)CC1. The molecule has 11 heteroatoms. The molecule has 4 fully saturated rings. The van der Waals surface area contributed by atoms with Gasteiger partial charge in [-0.1, -0.05) is 17.1 Å². The van der Waals surface area contributed by atoms with Gasteiger partial charge in [-0.15, -0.1) is 0 Å². The van der Waals surface area contributed by atoms with E-state index in [1.54, 1.807) is 22.8 Å². The number of benzene rings is 1. The fourth-order valence-electron chi connectivity index (χ4n) is 7.94. The number of hydrogen-bond donors (Lipinski definition) is 0. The van der Waals surface area contributed by atoms with E-state index in [-0.39, 0.29) is 40.5 Å². The van der Waals surface area contributed by atoms with Crippen LogP contribution in [0.2, 0.25) is 0 Å². The Balaban J connectivity index is 1.12. The number of hydrogen-bond acceptors (Lipinski definition) is 6. The topological polar surface area (TPSA) is 91.2 Å². The summed E-state index contributed by atoms with van der Waals surface area (Å²) in [7, 11) is -3.18. The van der Waals surface area contributed by atoms with Crippen LogP contribution >= 0.6 is 0 Å². The van der Waals surface area contributed by atoms with Gasteiger partial charge in [0.1, 0.15) is 17.1 Å². The first-order valence-electron chi connectivity index (χ1n) is 16.4. The molecular weight excluding hydrogens is 579 g/mol. The highest BCUT2D eigenvalue weighted by atomic mass is 32.2. The molecule has 2 atom stereocenters. The number of amides is 1. The number of aromatic amines is 1. The van der Waals surface area contributed by atoms with Gasteiger partial charge in [-0.3, -0.25) is 14.6 Å². The fraction of sp³-hybridized carbons (Fsp3) is 0.667. The van der Waals surface area contributed by atoms with Crippen molar-refractivity contribution in [2.24, 2.45) is 5.92 Å². The van der Waals surface area contributed by atoms with Crippen LogP contribution in [-0.4, -0.2) is 101 Å². The maximum absolute atomic E-state index is 14.5. The number of carbonyl (C=O) groups is 1. The molecule has 44 heavy (non-hydrogen) atoms. The molecule has 1 unspecified atom stereocenters. The van der Waals surface area contributed by atoms with Gasteiger partial charge in [0, 0.05) is 70.4 Å². The molecule has 4 aliphatic rings. The summed E-state index contributed by atoms with van der Waals surface area (Å²) in [5.74, 6) is 0.0901. The Hall–Kier alpha value is -2.47. The van der Waals surface area contributed by atoms with E-state index in [0.717, 1.165) is 75.1 Å². The van der Waals surface area contributed by atoms with Gasteiger partial charge < -0.3 is 4.90 Å². The molecular formula is C33H48FN6O3S+. The monoisotopic (exact) mass is 627 g/mol. The summed E-state index contributed by atoms with van der Waals surface area (Å²) in [5.41, 5.74) is 3.28. The molecule has 2 aromatic rings. The second-order valence-corrected chi connectivity index (χ2v) is 16.0. The number of piperidine rings is 2. The quantitative estimate of drug-likeness (QED) is 0.466. The second kappa shape index (κ2) is 12.4. The molecule has 3 saturated heterocycles. The zero-order valence-electron chi connectivity index (χ0n) is 26.6. The van der Waals surface area contributed by atoms with Crippen molar-refractivity contribution in [3.8, 4) is 0 Å². The molecule has 0 radical (unpaired) electrons. The van der Waals surface area contributed by atoms with Crippen molar-refractivity contribution in [1.29, 1.82) is 0 Å². The Morgan fingerprint density at radius 1 is 1.05 bits per heavy atom. The molecule has 1 N–H and O–H groups in total. The van der Waals surface area contributed by atoms with Crippen LogP contribution in [0.15, 0.2) is 30.6 Å². The van der Waals surface area contributed by atoms with E-state index in [1.807, 2.05) is 24.8 Å². The largest absolute Gasteiger partial charge is 0.338 e. The summed E-state index contributed by atoms with van der Waals surface area (Å²) in [5, 5.41) is -0.181. The first kappa shape index (κ1) is 31.5. The number of nitrogens with one attached hydrogen (secondary N) is 1. The Kier molecular flexibility index (Phi) is 8.86. The number of rotatable bonds is 7. The summed E-state index contributed by atoms with van der Waals surface area (Å²) < 4.78 is 42.0. The fourth-order valence-corrected chi connectivity index (χ4v) is 9.81. The van der Waals surface area contributed by atoms with E-state index in [0.29, 0.717) is 31.7 Å². The van der Waals surface area contributed by atoms with E-state index in [9.17, 15) is 17.6 Å². The number of nitrogens with zero attached hydrogens (tertiary/aromatic N) is 5. The Bertz CT molecular complexity index is 1450. The molecule has 1 aliphatic carbocycles. The van der Waals surface area contributed by atoms with E-state index in [1.165, 1.54) is 6.07 Å². The predicted octanol–water partition coefficient (Wildman–Crippen LogP) is 3.60. The maximum Gasteiger partial charge on any atom is 0.284 e. The van der Waals surface area contributed by atoms with Crippen LogP contribution in [-0.2, 0) is 10.0 Å². The van der Waals surface area contributed by atoms with Crippen LogP contribution in [0.1, 0.15) is 85.7 Å². The molecule has 3 aliphatic heterocycles. The third kappa shape index (κ3) is 6.17. The zero-order valence-corrected chi connectivity index (χ0v) is 27.5.